The molecule has 1 saturated carbocycles. The lowest BCUT2D eigenvalue weighted by molar-refractivity contribution is 0.457. The molecule has 5 heteroatoms. The summed E-state index contributed by atoms with van der Waals surface area (Å²) in [6, 6.07) is 1.96. The Hall–Kier alpha value is -1.36. The van der Waals surface area contributed by atoms with Gasteiger partial charge in [-0.1, -0.05) is 6.92 Å². The number of aromatic nitrogens is 2. The molecule has 1 N–H and O–H groups in total. The molecule has 1 aromatic rings. The lowest BCUT2D eigenvalue weighted by atomic mass is 10.2. The first kappa shape index (κ1) is 14.1. The van der Waals surface area contributed by atoms with Gasteiger partial charge in [-0.25, -0.2) is 4.79 Å². The van der Waals surface area contributed by atoms with Crippen molar-refractivity contribution < 1.29 is 0 Å². The Labute approximate surface area is 113 Å². The van der Waals surface area contributed by atoms with E-state index in [1.165, 1.54) is 23.5 Å². The van der Waals surface area contributed by atoms with Crippen molar-refractivity contribution in [1.29, 1.82) is 0 Å². The van der Waals surface area contributed by atoms with Crippen LogP contribution in [0.5, 0.6) is 0 Å². The third-order valence-electron chi connectivity index (χ3n) is 3.74. The number of hydrogen-bond donors (Lipinski definition) is 1. The van der Waals surface area contributed by atoms with Crippen LogP contribution >= 0.6 is 0 Å². The summed E-state index contributed by atoms with van der Waals surface area (Å²) in [5.74, 6) is 0.782. The summed E-state index contributed by atoms with van der Waals surface area (Å²) in [6.07, 6.45) is 5.06. The van der Waals surface area contributed by atoms with Crippen LogP contribution in [0.3, 0.4) is 0 Å². The van der Waals surface area contributed by atoms with E-state index >= 15 is 0 Å². The lowest BCUT2D eigenvalue weighted by Gasteiger charge is -2.13. The van der Waals surface area contributed by atoms with Crippen molar-refractivity contribution in [1.82, 2.24) is 14.5 Å². The average Bonchev–Trinajstić information content (AvgIpc) is 3.21. The van der Waals surface area contributed by atoms with Crippen molar-refractivity contribution in [2.45, 2.75) is 52.2 Å². The summed E-state index contributed by atoms with van der Waals surface area (Å²) in [5.41, 5.74) is -0.409. The Morgan fingerprint density at radius 2 is 2.11 bits per heavy atom. The fraction of sp³-hybridized carbons (Fsp3) is 0.714. The van der Waals surface area contributed by atoms with Gasteiger partial charge in [-0.05, 0) is 32.1 Å². The van der Waals surface area contributed by atoms with Gasteiger partial charge in [0.2, 0.25) is 0 Å². The zero-order valence-corrected chi connectivity index (χ0v) is 11.8. The van der Waals surface area contributed by atoms with Crippen LogP contribution in [-0.4, -0.2) is 21.7 Å². The molecule has 0 radical (unpaired) electrons. The Balaban J connectivity index is 2.00. The molecule has 2 rings (SSSR count). The first-order valence-electron chi connectivity index (χ1n) is 7.17. The highest BCUT2D eigenvalue weighted by Crippen LogP contribution is 2.32. The predicted octanol–water partition coefficient (Wildman–Crippen LogP) is 0.808. The summed E-state index contributed by atoms with van der Waals surface area (Å²) < 4.78 is 2.92. The standard InChI is InChI=1S/C14H23N3O2/c1-3-8-16-9-6-13(18)17(14(16)19)10-7-15-11(2)12-4-5-12/h6,9,11-12,15H,3-5,7-8,10H2,1-2H3. The zero-order valence-electron chi connectivity index (χ0n) is 11.8. The molecule has 1 unspecified atom stereocenters. The zero-order chi connectivity index (χ0) is 13.8. The van der Waals surface area contributed by atoms with E-state index in [9.17, 15) is 9.59 Å². The maximum atomic E-state index is 12.1. The lowest BCUT2D eigenvalue weighted by Crippen LogP contribution is -2.42. The fourth-order valence-corrected chi connectivity index (χ4v) is 2.34. The Morgan fingerprint density at radius 3 is 2.74 bits per heavy atom. The van der Waals surface area contributed by atoms with Crippen molar-refractivity contribution >= 4 is 0 Å². The molecule has 0 amide bonds. The Bertz CT molecular complexity index is 528. The van der Waals surface area contributed by atoms with Crippen LogP contribution < -0.4 is 16.6 Å². The minimum Gasteiger partial charge on any atom is -0.312 e. The summed E-state index contributed by atoms with van der Waals surface area (Å²) in [4.78, 5) is 23.8. The van der Waals surface area contributed by atoms with Gasteiger partial charge in [0.05, 0.1) is 0 Å². The molecule has 0 saturated heterocycles. The topological polar surface area (TPSA) is 56.0 Å². The molecule has 1 aromatic heterocycles. The summed E-state index contributed by atoms with van der Waals surface area (Å²) in [6.45, 7) is 5.95. The second-order valence-corrected chi connectivity index (χ2v) is 5.36. The predicted molar refractivity (Wildman–Crippen MR) is 75.4 cm³/mol. The molecule has 0 aromatic carbocycles. The van der Waals surface area contributed by atoms with Crippen molar-refractivity contribution in [2.75, 3.05) is 6.54 Å². The summed E-state index contributed by atoms with van der Waals surface area (Å²) in [7, 11) is 0. The monoisotopic (exact) mass is 265 g/mol. The van der Waals surface area contributed by atoms with E-state index in [0.717, 1.165) is 12.3 Å². The van der Waals surface area contributed by atoms with Crippen LogP contribution in [0.15, 0.2) is 21.9 Å². The molecule has 0 aliphatic heterocycles. The van der Waals surface area contributed by atoms with Gasteiger partial charge in [0.15, 0.2) is 0 Å². The molecule has 1 fully saturated rings. The molecule has 106 valence electrons. The van der Waals surface area contributed by atoms with Crippen LogP contribution in [0.1, 0.15) is 33.1 Å². The van der Waals surface area contributed by atoms with E-state index in [2.05, 4.69) is 12.2 Å². The Morgan fingerprint density at radius 1 is 1.37 bits per heavy atom. The number of nitrogens with zero attached hydrogens (tertiary/aromatic N) is 2. The molecule has 19 heavy (non-hydrogen) atoms. The van der Waals surface area contributed by atoms with Crippen molar-refractivity contribution in [3.63, 3.8) is 0 Å². The summed E-state index contributed by atoms with van der Waals surface area (Å²) >= 11 is 0. The van der Waals surface area contributed by atoms with Crippen LogP contribution in [0.25, 0.3) is 0 Å². The average molecular weight is 265 g/mol. The molecular weight excluding hydrogens is 242 g/mol. The van der Waals surface area contributed by atoms with E-state index in [-0.39, 0.29) is 11.2 Å². The minimum atomic E-state index is -0.210. The molecule has 5 nitrogen and oxygen atoms in total. The highest BCUT2D eigenvalue weighted by Gasteiger charge is 2.27. The largest absolute Gasteiger partial charge is 0.331 e. The van der Waals surface area contributed by atoms with Crippen LogP contribution in [0.4, 0.5) is 0 Å². The number of nitrogens with one attached hydrogen (secondary N) is 1. The van der Waals surface area contributed by atoms with Crippen molar-refractivity contribution in [2.24, 2.45) is 5.92 Å². The quantitative estimate of drug-likeness (QED) is 0.793. The van der Waals surface area contributed by atoms with E-state index < -0.39 is 0 Å². The van der Waals surface area contributed by atoms with Gasteiger partial charge >= 0.3 is 5.69 Å². The van der Waals surface area contributed by atoms with Gasteiger partial charge in [0.25, 0.3) is 5.56 Å². The molecule has 1 aliphatic rings. The molecule has 1 heterocycles. The van der Waals surface area contributed by atoms with Gasteiger partial charge in [0.1, 0.15) is 0 Å². The number of hydrogen-bond acceptors (Lipinski definition) is 3. The first-order chi connectivity index (χ1) is 9.13. The molecule has 1 atom stereocenters. The van der Waals surface area contributed by atoms with Crippen LogP contribution in [-0.2, 0) is 13.1 Å². The van der Waals surface area contributed by atoms with E-state index in [1.807, 2.05) is 6.92 Å². The first-order valence-corrected chi connectivity index (χ1v) is 7.17. The van der Waals surface area contributed by atoms with Gasteiger partial charge in [-0.2, -0.15) is 0 Å². The van der Waals surface area contributed by atoms with E-state index in [4.69, 9.17) is 0 Å². The molecular formula is C14H23N3O2. The fourth-order valence-electron chi connectivity index (χ4n) is 2.34. The summed E-state index contributed by atoms with van der Waals surface area (Å²) in [5, 5.41) is 3.39. The van der Waals surface area contributed by atoms with Gasteiger partial charge < -0.3 is 9.88 Å². The second-order valence-electron chi connectivity index (χ2n) is 5.36. The Kier molecular flexibility index (Phi) is 4.58. The van der Waals surface area contributed by atoms with Crippen molar-refractivity contribution in [3.8, 4) is 0 Å². The van der Waals surface area contributed by atoms with Gasteiger partial charge in [-0.3, -0.25) is 9.36 Å². The van der Waals surface area contributed by atoms with Crippen molar-refractivity contribution in [3.05, 3.63) is 33.1 Å². The van der Waals surface area contributed by atoms with Gasteiger partial charge in [0, 0.05) is 37.9 Å². The van der Waals surface area contributed by atoms with E-state index in [1.54, 1.807) is 10.8 Å². The van der Waals surface area contributed by atoms with Gasteiger partial charge in [-0.15, -0.1) is 0 Å². The number of rotatable bonds is 7. The number of aryl methyl sites for hydroxylation is 1. The molecule has 1 aliphatic carbocycles. The third-order valence-corrected chi connectivity index (χ3v) is 3.74. The maximum Gasteiger partial charge on any atom is 0.331 e. The minimum absolute atomic E-state index is 0.199. The molecule has 0 spiro atoms. The molecule has 0 bridgehead atoms. The normalized spacial score (nSPS) is 16.5. The maximum absolute atomic E-state index is 12.1. The highest BCUT2D eigenvalue weighted by molar-refractivity contribution is 4.87. The SMILES string of the molecule is CCCn1ccc(=O)n(CCNC(C)C2CC2)c1=O. The highest BCUT2D eigenvalue weighted by atomic mass is 16.2. The van der Waals surface area contributed by atoms with Crippen LogP contribution in [0, 0.1) is 5.92 Å². The third kappa shape index (κ3) is 3.56. The smallest absolute Gasteiger partial charge is 0.312 e. The second kappa shape index (κ2) is 6.19. The van der Waals surface area contributed by atoms with E-state index in [0.29, 0.717) is 25.7 Å². The van der Waals surface area contributed by atoms with Crippen LogP contribution in [0.2, 0.25) is 0 Å².